The molecule has 8 aromatic carbocycles. The van der Waals surface area contributed by atoms with E-state index in [0.717, 1.165) is 56.8 Å². The smallest absolute Gasteiger partial charge is 0.137 e. The topological polar surface area (TPSA) is 16.4 Å². The monoisotopic (exact) mass is 707 g/mol. The van der Waals surface area contributed by atoms with Crippen LogP contribution < -0.4 is 4.90 Å². The molecule has 2 nitrogen and oxygen atoms in total. The Morgan fingerprint density at radius 3 is 1.80 bits per heavy atom. The molecule has 3 atom stereocenters. The number of furan rings is 1. The summed E-state index contributed by atoms with van der Waals surface area (Å²) >= 11 is 0. The van der Waals surface area contributed by atoms with E-state index in [2.05, 4.69) is 181 Å². The van der Waals surface area contributed by atoms with E-state index in [1.165, 1.54) is 75.4 Å². The summed E-state index contributed by atoms with van der Waals surface area (Å²) in [5, 5.41) is 4.86. The second-order valence-corrected chi connectivity index (χ2v) is 15.7. The van der Waals surface area contributed by atoms with Crippen LogP contribution >= 0.6 is 0 Å². The van der Waals surface area contributed by atoms with Crippen LogP contribution in [0.5, 0.6) is 0 Å². The maximum atomic E-state index is 6.43. The van der Waals surface area contributed by atoms with Gasteiger partial charge in [0.2, 0.25) is 0 Å². The third-order valence-corrected chi connectivity index (χ3v) is 12.5. The molecular formula is C53H41NO. The number of benzene rings is 8. The summed E-state index contributed by atoms with van der Waals surface area (Å²) in [6, 6.07) is 66.5. The van der Waals surface area contributed by atoms with Gasteiger partial charge in [0, 0.05) is 33.9 Å². The number of hydrogen-bond donors (Lipinski definition) is 0. The lowest BCUT2D eigenvalue weighted by Crippen LogP contribution is -2.10. The molecule has 2 aliphatic carbocycles. The average molecular weight is 708 g/mol. The van der Waals surface area contributed by atoms with Gasteiger partial charge in [0.25, 0.3) is 0 Å². The molecule has 11 rings (SSSR count). The molecule has 2 fully saturated rings. The van der Waals surface area contributed by atoms with Crippen molar-refractivity contribution in [1.29, 1.82) is 0 Å². The summed E-state index contributed by atoms with van der Waals surface area (Å²) in [4.78, 5) is 2.38. The quantitative estimate of drug-likeness (QED) is 0.164. The normalized spacial score (nSPS) is 17.7. The van der Waals surface area contributed by atoms with E-state index in [1.807, 2.05) is 6.07 Å². The van der Waals surface area contributed by atoms with Crippen molar-refractivity contribution in [3.8, 4) is 33.4 Å². The van der Waals surface area contributed by atoms with E-state index in [4.69, 9.17) is 4.42 Å². The summed E-state index contributed by atoms with van der Waals surface area (Å²) < 4.78 is 6.43. The second-order valence-electron chi connectivity index (χ2n) is 15.7. The molecule has 9 aromatic rings. The number of para-hydroxylation sites is 1. The Balaban J connectivity index is 1.04. The standard InChI is InChI=1S/C53H41NO/c1-3-10-36(11-4-1)46-15-9-16-47(37-12-5-2-6-13-37)53(46)38-22-25-43(26-23-38)54(45-28-29-49-48-14-7-8-17-51(48)55-52(49)34-45)44-27-24-39-32-42(21-20-40(39)33-44)50-31-35-18-19-41(50)30-35/h1-17,20-29,32-35,41,50H,18-19,30-31H2. The highest BCUT2D eigenvalue weighted by Crippen LogP contribution is 2.53. The molecule has 264 valence electrons. The molecule has 3 unspecified atom stereocenters. The Hall–Kier alpha value is -6.38. The van der Waals surface area contributed by atoms with Crippen LogP contribution in [-0.2, 0) is 0 Å². The van der Waals surface area contributed by atoms with Crippen molar-refractivity contribution >= 4 is 49.8 Å². The Bertz CT molecular complexity index is 2780. The molecular weight excluding hydrogens is 667 g/mol. The van der Waals surface area contributed by atoms with E-state index in [0.29, 0.717) is 0 Å². The highest BCUT2D eigenvalue weighted by molar-refractivity contribution is 6.06. The van der Waals surface area contributed by atoms with Gasteiger partial charge in [-0.25, -0.2) is 0 Å². The first kappa shape index (κ1) is 32.1. The van der Waals surface area contributed by atoms with Crippen LogP contribution in [0.2, 0.25) is 0 Å². The molecule has 55 heavy (non-hydrogen) atoms. The minimum Gasteiger partial charge on any atom is -0.456 e. The van der Waals surface area contributed by atoms with Crippen molar-refractivity contribution in [2.24, 2.45) is 11.8 Å². The SMILES string of the molecule is c1ccc(-c2cccc(-c3ccccc3)c2-c2ccc(N(c3ccc4cc(C5CC6CCC5C6)ccc4c3)c3ccc4c(c3)oc3ccccc34)cc2)cc1. The molecule has 0 N–H and O–H groups in total. The van der Waals surface area contributed by atoms with Crippen LogP contribution in [0.1, 0.15) is 37.2 Å². The van der Waals surface area contributed by atoms with Crippen molar-refractivity contribution in [1.82, 2.24) is 0 Å². The summed E-state index contributed by atoms with van der Waals surface area (Å²) in [5.41, 5.74) is 13.9. The lowest BCUT2D eigenvalue weighted by molar-refractivity contribution is 0.420. The van der Waals surface area contributed by atoms with Crippen molar-refractivity contribution < 1.29 is 4.42 Å². The maximum absolute atomic E-state index is 6.43. The lowest BCUT2D eigenvalue weighted by atomic mass is 9.83. The molecule has 1 aromatic heterocycles. The molecule has 2 aliphatic rings. The van der Waals surface area contributed by atoms with Crippen LogP contribution in [0.3, 0.4) is 0 Å². The zero-order valence-electron chi connectivity index (χ0n) is 30.7. The van der Waals surface area contributed by atoms with E-state index in [-0.39, 0.29) is 0 Å². The first-order valence-corrected chi connectivity index (χ1v) is 19.8. The zero-order valence-corrected chi connectivity index (χ0v) is 30.7. The van der Waals surface area contributed by atoms with Gasteiger partial charge in [-0.15, -0.1) is 0 Å². The lowest BCUT2D eigenvalue weighted by Gasteiger charge is -2.27. The summed E-state index contributed by atoms with van der Waals surface area (Å²) in [6.07, 6.45) is 5.63. The van der Waals surface area contributed by atoms with Crippen molar-refractivity contribution in [3.05, 3.63) is 188 Å². The number of hydrogen-bond acceptors (Lipinski definition) is 2. The Labute approximate surface area is 322 Å². The maximum Gasteiger partial charge on any atom is 0.137 e. The van der Waals surface area contributed by atoms with Crippen molar-refractivity contribution in [2.75, 3.05) is 4.90 Å². The molecule has 2 heteroatoms. The highest BCUT2D eigenvalue weighted by atomic mass is 16.3. The summed E-state index contributed by atoms with van der Waals surface area (Å²) in [6.45, 7) is 0. The van der Waals surface area contributed by atoms with Gasteiger partial charge in [-0.1, -0.05) is 140 Å². The predicted molar refractivity (Wildman–Crippen MR) is 230 cm³/mol. The summed E-state index contributed by atoms with van der Waals surface area (Å²) in [7, 11) is 0. The van der Waals surface area contributed by atoms with Gasteiger partial charge in [0.15, 0.2) is 0 Å². The highest BCUT2D eigenvalue weighted by Gasteiger charge is 2.40. The molecule has 0 spiro atoms. The van der Waals surface area contributed by atoms with Crippen LogP contribution in [0, 0.1) is 11.8 Å². The van der Waals surface area contributed by atoms with Crippen molar-refractivity contribution in [2.45, 2.75) is 31.6 Å². The number of anilines is 3. The number of rotatable bonds is 7. The third-order valence-electron chi connectivity index (χ3n) is 12.5. The van der Waals surface area contributed by atoms with Gasteiger partial charge in [0.1, 0.15) is 11.2 Å². The van der Waals surface area contributed by atoms with Crippen molar-refractivity contribution in [3.63, 3.8) is 0 Å². The van der Waals surface area contributed by atoms with Crippen LogP contribution in [-0.4, -0.2) is 0 Å². The molecule has 1 heterocycles. The second kappa shape index (κ2) is 13.2. The minimum atomic E-state index is 0.725. The van der Waals surface area contributed by atoms with Gasteiger partial charge in [0.05, 0.1) is 0 Å². The fourth-order valence-electron chi connectivity index (χ4n) is 9.93. The minimum absolute atomic E-state index is 0.725. The number of nitrogens with zero attached hydrogens (tertiary/aromatic N) is 1. The van der Waals surface area contributed by atoms with Crippen LogP contribution in [0.4, 0.5) is 17.1 Å². The fraction of sp³-hybridized carbons (Fsp3) is 0.132. The molecule has 0 amide bonds. The van der Waals surface area contributed by atoms with Gasteiger partial charge < -0.3 is 9.32 Å². The Morgan fingerprint density at radius 2 is 1.07 bits per heavy atom. The van der Waals surface area contributed by atoms with Gasteiger partial charge in [-0.2, -0.15) is 0 Å². The Kier molecular flexibility index (Phi) is 7.69. The third kappa shape index (κ3) is 5.63. The predicted octanol–water partition coefficient (Wildman–Crippen LogP) is 15.1. The number of fused-ring (bicyclic) bond motifs is 6. The fourth-order valence-corrected chi connectivity index (χ4v) is 9.93. The van der Waals surface area contributed by atoms with Gasteiger partial charge in [-0.05, 0) is 129 Å². The van der Waals surface area contributed by atoms with E-state index in [9.17, 15) is 0 Å². The van der Waals surface area contributed by atoms with Crippen LogP contribution in [0.15, 0.2) is 186 Å². The van der Waals surface area contributed by atoms with E-state index < -0.39 is 0 Å². The molecule has 0 radical (unpaired) electrons. The molecule has 2 saturated carbocycles. The Morgan fingerprint density at radius 1 is 0.436 bits per heavy atom. The van der Waals surface area contributed by atoms with Gasteiger partial charge in [-0.3, -0.25) is 0 Å². The molecule has 0 aliphatic heterocycles. The first-order valence-electron chi connectivity index (χ1n) is 19.8. The first-order chi connectivity index (χ1) is 27.2. The summed E-state index contributed by atoms with van der Waals surface area (Å²) in [5.74, 6) is 2.54. The largest absolute Gasteiger partial charge is 0.456 e. The molecule has 0 saturated heterocycles. The van der Waals surface area contributed by atoms with Crippen LogP contribution in [0.25, 0.3) is 66.1 Å². The molecule has 2 bridgehead atoms. The average Bonchev–Trinajstić information content (AvgIpc) is 3.99. The van der Waals surface area contributed by atoms with E-state index in [1.54, 1.807) is 0 Å². The zero-order chi connectivity index (χ0) is 36.3. The van der Waals surface area contributed by atoms with Gasteiger partial charge >= 0.3 is 0 Å². The van der Waals surface area contributed by atoms with E-state index >= 15 is 0 Å².